The van der Waals surface area contributed by atoms with Crippen LogP contribution in [0.5, 0.6) is 0 Å². The van der Waals surface area contributed by atoms with Gasteiger partial charge < -0.3 is 14.7 Å². The Hall–Kier alpha value is -2.24. The first-order chi connectivity index (χ1) is 11.6. The normalized spacial score (nSPS) is 20.9. The third-order valence-corrected chi connectivity index (χ3v) is 4.34. The maximum absolute atomic E-state index is 12.9. The second-order valence-corrected chi connectivity index (χ2v) is 6.27. The lowest BCUT2D eigenvalue weighted by atomic mass is 10.0. The van der Waals surface area contributed by atoms with Crippen molar-refractivity contribution in [2.45, 2.75) is 26.0 Å². The Balaban J connectivity index is 1.85. The Kier molecular flexibility index (Phi) is 4.92. The van der Waals surface area contributed by atoms with E-state index in [2.05, 4.69) is 4.98 Å². The molecule has 1 aromatic heterocycles. The largest absolute Gasteiger partial charge is 0.394 e. The molecule has 1 aromatic carbocycles. The van der Waals surface area contributed by atoms with Gasteiger partial charge in [-0.3, -0.25) is 9.78 Å². The molecule has 5 heteroatoms. The van der Waals surface area contributed by atoms with Crippen LogP contribution in [-0.4, -0.2) is 52.8 Å². The van der Waals surface area contributed by atoms with Crippen molar-refractivity contribution in [2.75, 3.05) is 19.8 Å². The lowest BCUT2D eigenvalue weighted by molar-refractivity contribution is -0.0667. The first-order valence-electron chi connectivity index (χ1n) is 8.14. The van der Waals surface area contributed by atoms with Gasteiger partial charge in [0.2, 0.25) is 0 Å². The number of amides is 1. The van der Waals surface area contributed by atoms with Gasteiger partial charge in [0.25, 0.3) is 5.91 Å². The van der Waals surface area contributed by atoms with Gasteiger partial charge in [-0.05, 0) is 25.5 Å². The molecule has 2 unspecified atom stereocenters. The van der Waals surface area contributed by atoms with Crippen molar-refractivity contribution in [1.82, 2.24) is 9.88 Å². The second-order valence-electron chi connectivity index (χ2n) is 6.27. The highest BCUT2D eigenvalue weighted by Crippen LogP contribution is 2.22. The average molecular weight is 326 g/mol. The molecule has 2 heterocycles. The molecule has 1 fully saturated rings. The lowest BCUT2D eigenvalue weighted by Gasteiger charge is -2.37. The van der Waals surface area contributed by atoms with Crippen LogP contribution in [-0.2, 0) is 4.74 Å². The number of hydrogen-bond acceptors (Lipinski definition) is 4. The summed E-state index contributed by atoms with van der Waals surface area (Å²) < 4.78 is 5.50. The minimum Gasteiger partial charge on any atom is -0.394 e. The number of carbonyl (C=O) groups excluding carboxylic acids is 1. The van der Waals surface area contributed by atoms with Gasteiger partial charge in [0, 0.05) is 24.5 Å². The Labute approximate surface area is 141 Å². The Bertz CT molecular complexity index is 715. The van der Waals surface area contributed by atoms with Gasteiger partial charge in [0.05, 0.1) is 30.9 Å². The number of aryl methyl sites for hydroxylation is 1. The van der Waals surface area contributed by atoms with Crippen LogP contribution in [0.4, 0.5) is 0 Å². The summed E-state index contributed by atoms with van der Waals surface area (Å²) in [5.74, 6) is -0.0780. The molecule has 1 N–H and O–H groups in total. The number of nitrogens with zero attached hydrogens (tertiary/aromatic N) is 2. The van der Waals surface area contributed by atoms with Gasteiger partial charge in [0.1, 0.15) is 0 Å². The van der Waals surface area contributed by atoms with E-state index in [0.717, 1.165) is 11.1 Å². The molecule has 2 atom stereocenters. The van der Waals surface area contributed by atoms with E-state index in [-0.39, 0.29) is 24.7 Å². The second kappa shape index (κ2) is 7.11. The number of benzene rings is 1. The molecule has 1 amide bonds. The van der Waals surface area contributed by atoms with E-state index in [0.29, 0.717) is 18.7 Å². The Morgan fingerprint density at radius 1 is 1.29 bits per heavy atom. The van der Waals surface area contributed by atoms with E-state index in [1.54, 1.807) is 17.3 Å². The van der Waals surface area contributed by atoms with Crippen molar-refractivity contribution in [3.8, 4) is 11.1 Å². The molecule has 1 aliphatic rings. The van der Waals surface area contributed by atoms with Gasteiger partial charge in [-0.2, -0.15) is 0 Å². The average Bonchev–Trinajstić information content (AvgIpc) is 2.62. The van der Waals surface area contributed by atoms with E-state index in [1.807, 2.05) is 44.2 Å². The molecule has 126 valence electrons. The summed E-state index contributed by atoms with van der Waals surface area (Å²) in [6.07, 6.45) is 3.04. The van der Waals surface area contributed by atoms with Crippen LogP contribution in [0.1, 0.15) is 22.8 Å². The number of rotatable bonds is 3. The lowest BCUT2D eigenvalue weighted by Crippen LogP contribution is -2.52. The molecule has 0 aliphatic carbocycles. The van der Waals surface area contributed by atoms with E-state index in [9.17, 15) is 9.90 Å². The summed E-state index contributed by atoms with van der Waals surface area (Å²) in [6.45, 7) is 4.73. The van der Waals surface area contributed by atoms with Crippen LogP contribution in [0, 0.1) is 6.92 Å². The number of ether oxygens (including phenoxy) is 1. The van der Waals surface area contributed by atoms with Crippen molar-refractivity contribution in [1.29, 1.82) is 0 Å². The van der Waals surface area contributed by atoms with Crippen molar-refractivity contribution < 1.29 is 14.6 Å². The predicted molar refractivity (Wildman–Crippen MR) is 91.7 cm³/mol. The van der Waals surface area contributed by atoms with E-state index < -0.39 is 0 Å². The summed E-state index contributed by atoms with van der Waals surface area (Å²) in [6, 6.07) is 9.98. The first-order valence-corrected chi connectivity index (χ1v) is 8.14. The molecule has 3 rings (SSSR count). The minimum atomic E-state index is -0.321. The van der Waals surface area contributed by atoms with Crippen LogP contribution in [0.25, 0.3) is 11.1 Å². The maximum atomic E-state index is 12.9. The molecular weight excluding hydrogens is 304 g/mol. The third-order valence-electron chi connectivity index (χ3n) is 4.34. The highest BCUT2D eigenvalue weighted by atomic mass is 16.5. The quantitative estimate of drug-likeness (QED) is 0.940. The number of hydrogen-bond donors (Lipinski definition) is 1. The summed E-state index contributed by atoms with van der Waals surface area (Å²) in [5.41, 5.74) is 3.70. The molecule has 0 saturated carbocycles. The monoisotopic (exact) mass is 326 g/mol. The molecule has 5 nitrogen and oxygen atoms in total. The number of carbonyl (C=O) groups is 1. The van der Waals surface area contributed by atoms with Gasteiger partial charge in [-0.15, -0.1) is 0 Å². The van der Waals surface area contributed by atoms with Crippen LogP contribution < -0.4 is 0 Å². The molecule has 1 saturated heterocycles. The minimum absolute atomic E-state index is 0.0247. The molecule has 0 radical (unpaired) electrons. The van der Waals surface area contributed by atoms with Crippen molar-refractivity contribution in [3.05, 3.63) is 53.9 Å². The van der Waals surface area contributed by atoms with Crippen molar-refractivity contribution in [2.24, 2.45) is 0 Å². The van der Waals surface area contributed by atoms with E-state index in [4.69, 9.17) is 4.74 Å². The van der Waals surface area contributed by atoms with Crippen LogP contribution in [0.3, 0.4) is 0 Å². The maximum Gasteiger partial charge on any atom is 0.255 e. The number of aliphatic hydroxyl groups excluding tert-OH is 1. The van der Waals surface area contributed by atoms with Gasteiger partial charge in [0.15, 0.2) is 0 Å². The van der Waals surface area contributed by atoms with Crippen molar-refractivity contribution >= 4 is 5.91 Å². The molecule has 2 aromatic rings. The number of morpholine rings is 1. The molecular formula is C19H22N2O3. The van der Waals surface area contributed by atoms with E-state index in [1.165, 1.54) is 5.56 Å². The zero-order valence-electron chi connectivity index (χ0n) is 14.0. The van der Waals surface area contributed by atoms with Gasteiger partial charge in [-0.1, -0.05) is 29.8 Å². The Morgan fingerprint density at radius 3 is 2.75 bits per heavy atom. The number of pyridine rings is 1. The molecule has 0 bridgehead atoms. The number of aliphatic hydroxyl groups is 1. The molecule has 0 spiro atoms. The SMILES string of the molecule is Cc1ccc(-c2cncc(C(=O)N3CC(CO)OCC3C)c2)cc1. The standard InChI is InChI=1S/C19H22N2O3/c1-13-3-5-15(6-4-13)16-7-17(9-20-8-16)19(23)21-10-18(11-22)24-12-14(21)2/h3-9,14,18,22H,10-12H2,1-2H3. The summed E-state index contributed by atoms with van der Waals surface area (Å²) in [4.78, 5) is 18.8. The highest BCUT2D eigenvalue weighted by molar-refractivity contribution is 5.95. The molecule has 24 heavy (non-hydrogen) atoms. The van der Waals surface area contributed by atoms with Crippen LogP contribution in [0.2, 0.25) is 0 Å². The zero-order chi connectivity index (χ0) is 17.1. The zero-order valence-corrected chi connectivity index (χ0v) is 14.0. The number of aromatic nitrogens is 1. The Morgan fingerprint density at radius 2 is 2.04 bits per heavy atom. The fraction of sp³-hybridized carbons (Fsp3) is 0.368. The van der Waals surface area contributed by atoms with Crippen molar-refractivity contribution in [3.63, 3.8) is 0 Å². The van der Waals surface area contributed by atoms with Gasteiger partial charge >= 0.3 is 0 Å². The smallest absolute Gasteiger partial charge is 0.255 e. The summed E-state index contributed by atoms with van der Waals surface area (Å²) in [7, 11) is 0. The molecule has 1 aliphatic heterocycles. The predicted octanol–water partition coefficient (Wildman–Crippen LogP) is 2.28. The fourth-order valence-electron chi connectivity index (χ4n) is 2.84. The summed E-state index contributed by atoms with van der Waals surface area (Å²) >= 11 is 0. The first kappa shape index (κ1) is 16.6. The topological polar surface area (TPSA) is 62.7 Å². The third kappa shape index (κ3) is 3.47. The van der Waals surface area contributed by atoms with E-state index >= 15 is 0 Å². The van der Waals surface area contributed by atoms with Crippen LogP contribution in [0.15, 0.2) is 42.7 Å². The highest BCUT2D eigenvalue weighted by Gasteiger charge is 2.30. The van der Waals surface area contributed by atoms with Crippen LogP contribution >= 0.6 is 0 Å². The fourth-order valence-corrected chi connectivity index (χ4v) is 2.84. The summed E-state index contributed by atoms with van der Waals surface area (Å²) in [5, 5.41) is 9.29. The van der Waals surface area contributed by atoms with Gasteiger partial charge in [-0.25, -0.2) is 0 Å².